The van der Waals surface area contributed by atoms with Crippen molar-refractivity contribution in [3.8, 4) is 0 Å². The summed E-state index contributed by atoms with van der Waals surface area (Å²) in [5.41, 5.74) is 1.49. The largest absolute Gasteiger partial charge is 0.416 e. The van der Waals surface area contributed by atoms with E-state index in [-0.39, 0.29) is 0 Å². The lowest BCUT2D eigenvalue weighted by molar-refractivity contribution is -0.137. The predicted molar refractivity (Wildman–Crippen MR) is 74.7 cm³/mol. The fourth-order valence-corrected chi connectivity index (χ4v) is 1.71. The highest BCUT2D eigenvalue weighted by atomic mass is 19.4. The highest BCUT2D eigenvalue weighted by Gasteiger charge is 2.30. The molecule has 0 saturated carbocycles. The molecule has 0 radical (unpaired) electrons. The van der Waals surface area contributed by atoms with Crippen LogP contribution in [-0.2, 0) is 6.18 Å². The van der Waals surface area contributed by atoms with Gasteiger partial charge in [0, 0.05) is 6.21 Å². The molecule has 1 N–H and O–H groups in total. The van der Waals surface area contributed by atoms with Gasteiger partial charge < -0.3 is 5.41 Å². The van der Waals surface area contributed by atoms with Crippen LogP contribution in [0, 0.1) is 5.41 Å². The molecule has 0 heterocycles. The molecule has 2 aromatic rings. The van der Waals surface area contributed by atoms with Crippen molar-refractivity contribution in [1.82, 2.24) is 0 Å². The van der Waals surface area contributed by atoms with Crippen molar-refractivity contribution in [2.75, 3.05) is 0 Å². The third-order valence-electron chi connectivity index (χ3n) is 2.79. The number of benzene rings is 2. The second kappa shape index (κ2) is 5.74. The highest BCUT2D eigenvalue weighted by molar-refractivity contribution is 5.78. The van der Waals surface area contributed by atoms with E-state index in [1.165, 1.54) is 12.3 Å². The number of hydrogen-bond donors (Lipinski definition) is 1. The van der Waals surface area contributed by atoms with Crippen molar-refractivity contribution in [1.29, 1.82) is 5.41 Å². The van der Waals surface area contributed by atoms with Gasteiger partial charge in [-0.2, -0.15) is 13.2 Å². The third kappa shape index (κ3) is 3.57. The Kier molecular flexibility index (Phi) is 4.03. The Labute approximate surface area is 114 Å². The smallest absolute Gasteiger partial charge is 0.308 e. The van der Waals surface area contributed by atoms with Crippen LogP contribution in [0.15, 0.2) is 48.5 Å². The van der Waals surface area contributed by atoms with Crippen molar-refractivity contribution in [2.45, 2.75) is 6.18 Å². The number of hydrogen-bond acceptors (Lipinski definition) is 1. The summed E-state index contributed by atoms with van der Waals surface area (Å²) >= 11 is 0. The molecule has 0 aliphatic rings. The Hall–Kier alpha value is -2.36. The minimum atomic E-state index is -4.32. The zero-order chi connectivity index (χ0) is 14.6. The molecule has 102 valence electrons. The standard InChI is InChI=1S/C16H12F3N/c17-16(18,19)15-3-1-2-13(10-15)7-4-12-5-8-14(11-20)9-6-12/h1-11,20H/b7-4+,20-11?. The van der Waals surface area contributed by atoms with Gasteiger partial charge >= 0.3 is 6.18 Å². The molecule has 0 saturated heterocycles. The predicted octanol–water partition coefficient (Wildman–Crippen LogP) is 4.87. The lowest BCUT2D eigenvalue weighted by Crippen LogP contribution is -2.04. The first-order chi connectivity index (χ1) is 9.49. The highest BCUT2D eigenvalue weighted by Crippen LogP contribution is 2.29. The summed E-state index contributed by atoms with van der Waals surface area (Å²) in [4.78, 5) is 0. The Balaban J connectivity index is 2.20. The first-order valence-electron chi connectivity index (χ1n) is 5.95. The van der Waals surface area contributed by atoms with Crippen LogP contribution in [0.3, 0.4) is 0 Å². The van der Waals surface area contributed by atoms with Gasteiger partial charge in [-0.15, -0.1) is 0 Å². The number of alkyl halides is 3. The number of halogens is 3. The van der Waals surface area contributed by atoms with Gasteiger partial charge in [0.15, 0.2) is 0 Å². The lowest BCUT2D eigenvalue weighted by atomic mass is 10.1. The summed E-state index contributed by atoms with van der Waals surface area (Å²) < 4.78 is 37.7. The molecule has 0 amide bonds. The topological polar surface area (TPSA) is 23.9 Å². The number of nitrogens with one attached hydrogen (secondary N) is 1. The van der Waals surface area contributed by atoms with Crippen LogP contribution in [0.2, 0.25) is 0 Å². The molecule has 0 aliphatic carbocycles. The SMILES string of the molecule is N=Cc1ccc(/C=C/c2cccc(C(F)(F)F)c2)cc1. The maximum absolute atomic E-state index is 12.6. The maximum atomic E-state index is 12.6. The van der Waals surface area contributed by atoms with Crippen molar-refractivity contribution >= 4 is 18.4 Å². The molecule has 0 spiro atoms. The molecule has 0 aliphatic heterocycles. The molecule has 4 heteroatoms. The molecule has 0 unspecified atom stereocenters. The molecule has 2 rings (SSSR count). The lowest BCUT2D eigenvalue weighted by Gasteiger charge is -2.06. The molecule has 0 aromatic heterocycles. The van der Waals surface area contributed by atoms with Crippen molar-refractivity contribution < 1.29 is 13.2 Å². The third-order valence-corrected chi connectivity index (χ3v) is 2.79. The Morgan fingerprint density at radius 3 is 2.00 bits per heavy atom. The zero-order valence-electron chi connectivity index (χ0n) is 10.5. The Morgan fingerprint density at radius 1 is 0.800 bits per heavy atom. The van der Waals surface area contributed by atoms with Crippen LogP contribution in [0.1, 0.15) is 22.3 Å². The van der Waals surface area contributed by atoms with E-state index in [1.807, 2.05) is 12.1 Å². The minimum absolute atomic E-state index is 0.496. The van der Waals surface area contributed by atoms with E-state index < -0.39 is 11.7 Å². The second-order valence-corrected chi connectivity index (χ2v) is 4.27. The van der Waals surface area contributed by atoms with E-state index in [1.54, 1.807) is 30.4 Å². The first kappa shape index (κ1) is 14.1. The van der Waals surface area contributed by atoms with Gasteiger partial charge in [0.2, 0.25) is 0 Å². The van der Waals surface area contributed by atoms with Crippen LogP contribution in [-0.4, -0.2) is 6.21 Å². The fraction of sp³-hybridized carbons (Fsp3) is 0.0625. The summed E-state index contributed by atoms with van der Waals surface area (Å²) in [6.45, 7) is 0. The van der Waals surface area contributed by atoms with Crippen LogP contribution in [0.25, 0.3) is 12.2 Å². The summed E-state index contributed by atoms with van der Waals surface area (Å²) in [6, 6.07) is 12.4. The molecule has 20 heavy (non-hydrogen) atoms. The van der Waals surface area contributed by atoms with Crippen LogP contribution < -0.4 is 0 Å². The van der Waals surface area contributed by atoms with E-state index >= 15 is 0 Å². The van der Waals surface area contributed by atoms with Gasteiger partial charge in [0.25, 0.3) is 0 Å². The van der Waals surface area contributed by atoms with E-state index in [2.05, 4.69) is 0 Å². The molecule has 0 bridgehead atoms. The minimum Gasteiger partial charge on any atom is -0.308 e. The van der Waals surface area contributed by atoms with Crippen molar-refractivity contribution in [3.05, 3.63) is 70.8 Å². The molecule has 0 atom stereocenters. The summed E-state index contributed by atoms with van der Waals surface area (Å²) in [7, 11) is 0. The van der Waals surface area contributed by atoms with Crippen molar-refractivity contribution in [2.24, 2.45) is 0 Å². The zero-order valence-corrected chi connectivity index (χ0v) is 10.5. The Morgan fingerprint density at radius 2 is 1.40 bits per heavy atom. The van der Waals surface area contributed by atoms with Gasteiger partial charge in [0.05, 0.1) is 5.56 Å². The van der Waals surface area contributed by atoms with Gasteiger partial charge in [-0.25, -0.2) is 0 Å². The average Bonchev–Trinajstić information content (AvgIpc) is 2.45. The van der Waals surface area contributed by atoms with Gasteiger partial charge in [-0.1, -0.05) is 48.6 Å². The van der Waals surface area contributed by atoms with Gasteiger partial charge in [-0.05, 0) is 28.8 Å². The van der Waals surface area contributed by atoms with E-state index in [0.717, 1.165) is 23.3 Å². The van der Waals surface area contributed by atoms with E-state index in [9.17, 15) is 13.2 Å². The maximum Gasteiger partial charge on any atom is 0.416 e. The van der Waals surface area contributed by atoms with E-state index in [0.29, 0.717) is 5.56 Å². The second-order valence-electron chi connectivity index (χ2n) is 4.27. The fourth-order valence-electron chi connectivity index (χ4n) is 1.71. The molecule has 1 nitrogen and oxygen atoms in total. The normalized spacial score (nSPS) is 11.8. The average molecular weight is 275 g/mol. The van der Waals surface area contributed by atoms with Crippen molar-refractivity contribution in [3.63, 3.8) is 0 Å². The summed E-state index contributed by atoms with van der Waals surface area (Å²) in [5, 5.41) is 7.08. The first-order valence-corrected chi connectivity index (χ1v) is 5.95. The Bertz CT molecular complexity index is 625. The quantitative estimate of drug-likeness (QED) is 0.610. The summed E-state index contributed by atoms with van der Waals surface area (Å²) in [6.07, 6.45) is 0.285. The van der Waals surface area contributed by atoms with Gasteiger partial charge in [0.1, 0.15) is 0 Å². The molecule has 2 aromatic carbocycles. The monoisotopic (exact) mass is 275 g/mol. The van der Waals surface area contributed by atoms with Crippen LogP contribution in [0.4, 0.5) is 13.2 Å². The molecule has 0 fully saturated rings. The number of rotatable bonds is 3. The summed E-state index contributed by atoms with van der Waals surface area (Å²) in [5.74, 6) is 0. The molecular weight excluding hydrogens is 263 g/mol. The van der Waals surface area contributed by atoms with Crippen LogP contribution >= 0.6 is 0 Å². The van der Waals surface area contributed by atoms with E-state index in [4.69, 9.17) is 5.41 Å². The van der Waals surface area contributed by atoms with Crippen LogP contribution in [0.5, 0.6) is 0 Å². The molecular formula is C16H12F3N. The van der Waals surface area contributed by atoms with Gasteiger partial charge in [-0.3, -0.25) is 0 Å².